The average Bonchev–Trinajstić information content (AvgIpc) is 2.44. The zero-order valence-corrected chi connectivity index (χ0v) is 12.2. The molecule has 104 valence electrons. The molecule has 0 aromatic heterocycles. The second kappa shape index (κ2) is 4.58. The Kier molecular flexibility index (Phi) is 3.12. The second-order valence-electron chi connectivity index (χ2n) is 4.91. The van der Waals surface area contributed by atoms with Crippen LogP contribution in [0.4, 0.5) is 0 Å². The molecule has 0 fully saturated rings. The smallest absolute Gasteiger partial charge is 0.178 e. The van der Waals surface area contributed by atoms with Crippen LogP contribution in [-0.2, 0) is 15.4 Å². The van der Waals surface area contributed by atoms with Crippen LogP contribution < -0.4 is 0 Å². The van der Waals surface area contributed by atoms with E-state index in [0.717, 1.165) is 0 Å². The first-order valence-corrected chi connectivity index (χ1v) is 8.28. The van der Waals surface area contributed by atoms with E-state index >= 15 is 0 Å². The largest absolute Gasteiger partial charge is 0.380 e. The lowest BCUT2D eigenvalue weighted by Gasteiger charge is -2.35. The lowest BCUT2D eigenvalue weighted by Crippen LogP contribution is -2.36. The van der Waals surface area contributed by atoms with E-state index in [2.05, 4.69) is 0 Å². The van der Waals surface area contributed by atoms with Gasteiger partial charge in [0.25, 0.3) is 0 Å². The van der Waals surface area contributed by atoms with Gasteiger partial charge in [0.1, 0.15) is 5.60 Å². The normalized spacial score (nSPS) is 24.1. The molecule has 5 heteroatoms. The van der Waals surface area contributed by atoms with Crippen molar-refractivity contribution in [1.29, 1.82) is 0 Å². The summed E-state index contributed by atoms with van der Waals surface area (Å²) in [5.41, 5.74) is -0.413. The van der Waals surface area contributed by atoms with Gasteiger partial charge in [0.05, 0.1) is 10.6 Å². The summed E-state index contributed by atoms with van der Waals surface area (Å²) >= 11 is 6.18. The molecule has 3 nitrogen and oxygen atoms in total. The molecule has 2 aromatic rings. The number of sulfone groups is 1. The minimum absolute atomic E-state index is 0.0915. The summed E-state index contributed by atoms with van der Waals surface area (Å²) in [7, 11) is -3.34. The number of aliphatic hydroxyl groups is 1. The van der Waals surface area contributed by atoms with E-state index in [4.69, 9.17) is 11.6 Å². The Labute approximate surface area is 122 Å². The quantitative estimate of drug-likeness (QED) is 0.881. The van der Waals surface area contributed by atoms with E-state index in [1.165, 1.54) is 6.07 Å². The van der Waals surface area contributed by atoms with Crippen LogP contribution in [0.15, 0.2) is 53.4 Å². The van der Waals surface area contributed by atoms with Crippen molar-refractivity contribution in [2.75, 3.05) is 5.75 Å². The SMILES string of the molecule is O=S1(=O)CCC(O)(c2ccccc2Cl)c2ccccc21. The number of halogens is 1. The predicted octanol–water partition coefficient (Wildman–Crippen LogP) is 2.75. The highest BCUT2D eigenvalue weighted by Crippen LogP contribution is 2.43. The zero-order valence-electron chi connectivity index (χ0n) is 10.6. The van der Waals surface area contributed by atoms with Crippen molar-refractivity contribution in [3.05, 3.63) is 64.7 Å². The Morgan fingerprint density at radius 2 is 1.60 bits per heavy atom. The third-order valence-electron chi connectivity index (χ3n) is 3.72. The first-order chi connectivity index (χ1) is 9.45. The van der Waals surface area contributed by atoms with E-state index in [1.54, 1.807) is 42.5 Å². The molecule has 1 unspecified atom stereocenters. The van der Waals surface area contributed by atoms with Crippen molar-refractivity contribution in [3.63, 3.8) is 0 Å². The lowest BCUT2D eigenvalue weighted by atomic mass is 9.83. The summed E-state index contributed by atoms with van der Waals surface area (Å²) in [6.07, 6.45) is 0.107. The molecule has 2 aromatic carbocycles. The monoisotopic (exact) mass is 308 g/mol. The van der Waals surface area contributed by atoms with Gasteiger partial charge in [-0.15, -0.1) is 0 Å². The van der Waals surface area contributed by atoms with E-state index in [1.807, 2.05) is 0 Å². The highest BCUT2D eigenvalue weighted by molar-refractivity contribution is 7.91. The number of hydrogen-bond donors (Lipinski definition) is 1. The summed E-state index contributed by atoms with van der Waals surface area (Å²) < 4.78 is 24.3. The summed E-state index contributed by atoms with van der Waals surface area (Å²) in [6.45, 7) is 0. The van der Waals surface area contributed by atoms with Gasteiger partial charge in [-0.2, -0.15) is 0 Å². The molecule has 0 amide bonds. The minimum atomic E-state index is -3.34. The van der Waals surface area contributed by atoms with Gasteiger partial charge in [0.15, 0.2) is 9.84 Å². The Hall–Kier alpha value is -1.36. The standard InChI is InChI=1S/C15H13ClO3S/c16-13-7-3-1-5-11(13)15(17)9-10-20(18,19)14-8-4-2-6-12(14)15/h1-8,17H,9-10H2. The van der Waals surface area contributed by atoms with Crippen molar-refractivity contribution in [3.8, 4) is 0 Å². The van der Waals surface area contributed by atoms with E-state index < -0.39 is 15.4 Å². The Morgan fingerprint density at radius 3 is 2.30 bits per heavy atom. The summed E-state index contributed by atoms with van der Waals surface area (Å²) in [4.78, 5) is 0.189. The highest BCUT2D eigenvalue weighted by atomic mass is 35.5. The lowest BCUT2D eigenvalue weighted by molar-refractivity contribution is 0.0719. The summed E-state index contributed by atoms with van der Waals surface area (Å²) in [6, 6.07) is 13.6. The molecule has 1 atom stereocenters. The van der Waals surface area contributed by atoms with Crippen molar-refractivity contribution in [2.45, 2.75) is 16.9 Å². The van der Waals surface area contributed by atoms with Gasteiger partial charge in [-0.25, -0.2) is 8.42 Å². The third-order valence-corrected chi connectivity index (χ3v) is 5.82. The van der Waals surface area contributed by atoms with Gasteiger partial charge in [0.2, 0.25) is 0 Å². The van der Waals surface area contributed by atoms with Gasteiger partial charge in [-0.1, -0.05) is 48.0 Å². The Bertz CT molecular complexity index is 770. The molecule has 3 rings (SSSR count). The maximum absolute atomic E-state index is 12.1. The molecule has 20 heavy (non-hydrogen) atoms. The van der Waals surface area contributed by atoms with E-state index in [0.29, 0.717) is 16.1 Å². The van der Waals surface area contributed by atoms with Gasteiger partial charge in [0, 0.05) is 16.1 Å². The Morgan fingerprint density at radius 1 is 1.00 bits per heavy atom. The van der Waals surface area contributed by atoms with Crippen LogP contribution >= 0.6 is 11.6 Å². The van der Waals surface area contributed by atoms with Crippen LogP contribution in [0.25, 0.3) is 0 Å². The van der Waals surface area contributed by atoms with Gasteiger partial charge < -0.3 is 5.11 Å². The minimum Gasteiger partial charge on any atom is -0.380 e. The summed E-state index contributed by atoms with van der Waals surface area (Å²) in [5.74, 6) is -0.0915. The number of benzene rings is 2. The van der Waals surface area contributed by atoms with Crippen LogP contribution in [-0.4, -0.2) is 19.3 Å². The fraction of sp³-hybridized carbons (Fsp3) is 0.200. The summed E-state index contributed by atoms with van der Waals surface area (Å²) in [5, 5.41) is 11.5. The van der Waals surface area contributed by atoms with Crippen LogP contribution in [0.5, 0.6) is 0 Å². The average molecular weight is 309 g/mol. The van der Waals surface area contributed by atoms with Gasteiger partial charge in [-0.05, 0) is 18.6 Å². The molecule has 0 aliphatic carbocycles. The molecular weight excluding hydrogens is 296 g/mol. The van der Waals surface area contributed by atoms with E-state index in [9.17, 15) is 13.5 Å². The van der Waals surface area contributed by atoms with Crippen molar-refractivity contribution in [2.24, 2.45) is 0 Å². The molecule has 1 N–H and O–H groups in total. The fourth-order valence-electron chi connectivity index (χ4n) is 2.68. The number of hydrogen-bond acceptors (Lipinski definition) is 3. The van der Waals surface area contributed by atoms with Crippen molar-refractivity contribution < 1.29 is 13.5 Å². The number of rotatable bonds is 1. The molecule has 1 aliphatic rings. The molecule has 0 saturated heterocycles. The van der Waals surface area contributed by atoms with Crippen molar-refractivity contribution >= 4 is 21.4 Å². The molecule has 0 saturated carbocycles. The Balaban J connectivity index is 2.29. The predicted molar refractivity (Wildman–Crippen MR) is 77.6 cm³/mol. The van der Waals surface area contributed by atoms with Crippen LogP contribution in [0.3, 0.4) is 0 Å². The molecular formula is C15H13ClO3S. The number of fused-ring (bicyclic) bond motifs is 1. The van der Waals surface area contributed by atoms with Crippen molar-refractivity contribution in [1.82, 2.24) is 0 Å². The van der Waals surface area contributed by atoms with Crippen LogP contribution in [0.1, 0.15) is 17.5 Å². The molecule has 0 spiro atoms. The fourth-order valence-corrected chi connectivity index (χ4v) is 4.62. The molecule has 0 radical (unpaired) electrons. The second-order valence-corrected chi connectivity index (χ2v) is 7.39. The van der Waals surface area contributed by atoms with E-state index in [-0.39, 0.29) is 17.1 Å². The first kappa shape index (κ1) is 13.6. The zero-order chi connectivity index (χ0) is 14.4. The maximum atomic E-state index is 12.1. The maximum Gasteiger partial charge on any atom is 0.178 e. The van der Waals surface area contributed by atoms with Crippen LogP contribution in [0.2, 0.25) is 5.02 Å². The topological polar surface area (TPSA) is 54.4 Å². The van der Waals surface area contributed by atoms with Crippen LogP contribution in [0, 0.1) is 0 Å². The van der Waals surface area contributed by atoms with Gasteiger partial charge >= 0.3 is 0 Å². The highest BCUT2D eigenvalue weighted by Gasteiger charge is 2.42. The van der Waals surface area contributed by atoms with Gasteiger partial charge in [-0.3, -0.25) is 0 Å². The first-order valence-electron chi connectivity index (χ1n) is 6.25. The third kappa shape index (κ3) is 1.95. The molecule has 0 bridgehead atoms. The molecule has 1 aliphatic heterocycles. The molecule has 1 heterocycles.